The first kappa shape index (κ1) is 9.30. The highest BCUT2D eigenvalue weighted by atomic mass is 127. The second kappa shape index (κ2) is 3.48. The van der Waals surface area contributed by atoms with Gasteiger partial charge < -0.3 is 10.1 Å². The number of aromatic nitrogens is 1. The number of H-pyrrole nitrogens is 1. The summed E-state index contributed by atoms with van der Waals surface area (Å²) in [4.78, 5) is 3.08. The molecule has 1 aromatic heterocycles. The molecule has 0 amide bonds. The maximum Gasteiger partial charge on any atom is 0.0831 e. The standard InChI is InChI=1S/C9H7ClINO/c10-7-3-9-5(2-8(7)11)1-6(4-13)12-9/h1-3,12-13H,4H2. The van der Waals surface area contributed by atoms with Crippen LogP contribution in [0.15, 0.2) is 18.2 Å². The number of hydrogen-bond acceptors (Lipinski definition) is 1. The SMILES string of the molecule is OCc1cc2cc(I)c(Cl)cc2[nH]1. The molecule has 0 aliphatic rings. The molecule has 0 spiro atoms. The number of halogens is 2. The zero-order valence-electron chi connectivity index (χ0n) is 6.64. The third kappa shape index (κ3) is 1.68. The van der Waals surface area contributed by atoms with Gasteiger partial charge in [-0.3, -0.25) is 0 Å². The Morgan fingerprint density at radius 1 is 1.38 bits per heavy atom. The summed E-state index contributed by atoms with van der Waals surface area (Å²) < 4.78 is 1.02. The van der Waals surface area contributed by atoms with Crippen molar-refractivity contribution in [3.8, 4) is 0 Å². The van der Waals surface area contributed by atoms with Crippen LogP contribution >= 0.6 is 34.2 Å². The van der Waals surface area contributed by atoms with Crippen molar-refractivity contribution in [2.75, 3.05) is 0 Å². The van der Waals surface area contributed by atoms with Gasteiger partial charge in [-0.15, -0.1) is 0 Å². The van der Waals surface area contributed by atoms with Gasteiger partial charge in [0, 0.05) is 20.2 Å². The van der Waals surface area contributed by atoms with Crippen molar-refractivity contribution < 1.29 is 5.11 Å². The fraction of sp³-hybridized carbons (Fsp3) is 0.111. The summed E-state index contributed by atoms with van der Waals surface area (Å²) in [5.74, 6) is 0. The number of fused-ring (bicyclic) bond motifs is 1. The van der Waals surface area contributed by atoms with Gasteiger partial charge >= 0.3 is 0 Å². The average Bonchev–Trinajstić information content (AvgIpc) is 2.48. The van der Waals surface area contributed by atoms with Crippen molar-refractivity contribution in [3.05, 3.63) is 32.5 Å². The van der Waals surface area contributed by atoms with E-state index >= 15 is 0 Å². The molecule has 2 aromatic rings. The lowest BCUT2D eigenvalue weighted by Gasteiger charge is -1.94. The van der Waals surface area contributed by atoms with Crippen LogP contribution in [0.4, 0.5) is 0 Å². The van der Waals surface area contributed by atoms with Gasteiger partial charge in [0.05, 0.1) is 11.6 Å². The van der Waals surface area contributed by atoms with E-state index in [1.807, 2.05) is 18.2 Å². The van der Waals surface area contributed by atoms with Crippen molar-refractivity contribution in [3.63, 3.8) is 0 Å². The minimum absolute atomic E-state index is 0.0306. The molecule has 4 heteroatoms. The molecule has 0 fully saturated rings. The number of rotatable bonds is 1. The Balaban J connectivity index is 2.70. The van der Waals surface area contributed by atoms with Crippen LogP contribution < -0.4 is 0 Å². The summed E-state index contributed by atoms with van der Waals surface area (Å²) in [5.41, 5.74) is 1.78. The Morgan fingerprint density at radius 3 is 2.85 bits per heavy atom. The normalized spacial score (nSPS) is 11.0. The predicted octanol–water partition coefficient (Wildman–Crippen LogP) is 2.92. The number of benzene rings is 1. The minimum atomic E-state index is 0.0306. The zero-order chi connectivity index (χ0) is 9.42. The molecule has 0 atom stereocenters. The summed E-state index contributed by atoms with van der Waals surface area (Å²) in [7, 11) is 0. The van der Waals surface area contributed by atoms with E-state index in [1.54, 1.807) is 0 Å². The molecule has 2 nitrogen and oxygen atoms in total. The van der Waals surface area contributed by atoms with E-state index in [-0.39, 0.29) is 6.61 Å². The monoisotopic (exact) mass is 307 g/mol. The van der Waals surface area contributed by atoms with E-state index in [1.165, 1.54) is 0 Å². The number of aliphatic hydroxyl groups is 1. The number of hydrogen-bond donors (Lipinski definition) is 2. The molecule has 0 saturated carbocycles. The van der Waals surface area contributed by atoms with E-state index in [4.69, 9.17) is 16.7 Å². The van der Waals surface area contributed by atoms with Gasteiger partial charge in [0.15, 0.2) is 0 Å². The summed E-state index contributed by atoms with van der Waals surface area (Å²) in [6.07, 6.45) is 0. The molecule has 68 valence electrons. The zero-order valence-corrected chi connectivity index (χ0v) is 9.56. The Bertz CT molecular complexity index is 413. The van der Waals surface area contributed by atoms with Crippen LogP contribution in [-0.2, 0) is 6.61 Å². The number of aliphatic hydroxyl groups excluding tert-OH is 1. The van der Waals surface area contributed by atoms with E-state index in [2.05, 4.69) is 27.6 Å². The van der Waals surface area contributed by atoms with Gasteiger partial charge in [0.25, 0.3) is 0 Å². The summed E-state index contributed by atoms with van der Waals surface area (Å²) in [6, 6.07) is 5.79. The lowest BCUT2D eigenvalue weighted by atomic mass is 10.2. The molecular formula is C9H7ClINO. The molecule has 2 N–H and O–H groups in total. The molecule has 13 heavy (non-hydrogen) atoms. The fourth-order valence-corrected chi connectivity index (χ4v) is 1.93. The van der Waals surface area contributed by atoms with Crippen molar-refractivity contribution in [1.29, 1.82) is 0 Å². The van der Waals surface area contributed by atoms with Gasteiger partial charge in [-0.1, -0.05) is 11.6 Å². The third-order valence-electron chi connectivity index (χ3n) is 1.89. The van der Waals surface area contributed by atoms with Gasteiger partial charge in [-0.25, -0.2) is 0 Å². The highest BCUT2D eigenvalue weighted by Gasteiger charge is 2.03. The first-order valence-corrected chi connectivity index (χ1v) is 5.24. The van der Waals surface area contributed by atoms with Crippen molar-refractivity contribution >= 4 is 45.1 Å². The first-order valence-electron chi connectivity index (χ1n) is 3.78. The minimum Gasteiger partial charge on any atom is -0.390 e. The van der Waals surface area contributed by atoms with Crippen LogP contribution in [0.3, 0.4) is 0 Å². The molecule has 0 aliphatic carbocycles. The Hall–Kier alpha value is -0.260. The summed E-state index contributed by atoms with van der Waals surface area (Å²) >= 11 is 8.14. The molecule has 0 unspecified atom stereocenters. The quantitative estimate of drug-likeness (QED) is 0.781. The molecule has 0 aliphatic heterocycles. The Labute approximate surface area is 94.0 Å². The van der Waals surface area contributed by atoms with Crippen LogP contribution in [0.5, 0.6) is 0 Å². The second-order valence-electron chi connectivity index (χ2n) is 2.81. The number of nitrogens with one attached hydrogen (secondary N) is 1. The van der Waals surface area contributed by atoms with E-state index < -0.39 is 0 Å². The highest BCUT2D eigenvalue weighted by molar-refractivity contribution is 14.1. The Kier molecular flexibility index (Phi) is 2.49. The van der Waals surface area contributed by atoms with Crippen molar-refractivity contribution in [2.24, 2.45) is 0 Å². The van der Waals surface area contributed by atoms with Crippen LogP contribution in [-0.4, -0.2) is 10.1 Å². The molecule has 1 heterocycles. The second-order valence-corrected chi connectivity index (χ2v) is 4.38. The van der Waals surface area contributed by atoms with Crippen molar-refractivity contribution in [2.45, 2.75) is 6.61 Å². The number of aromatic amines is 1. The smallest absolute Gasteiger partial charge is 0.0831 e. The van der Waals surface area contributed by atoms with Crippen molar-refractivity contribution in [1.82, 2.24) is 4.98 Å². The predicted molar refractivity (Wildman–Crippen MR) is 61.9 cm³/mol. The van der Waals surface area contributed by atoms with Gasteiger partial charge in [-0.05, 0) is 40.8 Å². The largest absolute Gasteiger partial charge is 0.390 e. The molecular weight excluding hydrogens is 300 g/mol. The Morgan fingerprint density at radius 2 is 2.15 bits per heavy atom. The van der Waals surface area contributed by atoms with E-state index in [0.29, 0.717) is 0 Å². The van der Waals surface area contributed by atoms with Crippen LogP contribution in [0.2, 0.25) is 5.02 Å². The average molecular weight is 308 g/mol. The van der Waals surface area contributed by atoms with Gasteiger partial charge in [0.1, 0.15) is 0 Å². The van der Waals surface area contributed by atoms with E-state index in [0.717, 1.165) is 25.2 Å². The fourth-order valence-electron chi connectivity index (χ4n) is 1.27. The maximum absolute atomic E-state index is 8.91. The van der Waals surface area contributed by atoms with Crippen LogP contribution in [0.25, 0.3) is 10.9 Å². The van der Waals surface area contributed by atoms with Gasteiger partial charge in [-0.2, -0.15) is 0 Å². The summed E-state index contributed by atoms with van der Waals surface area (Å²) in [5, 5.41) is 10.7. The maximum atomic E-state index is 8.91. The van der Waals surface area contributed by atoms with Crippen LogP contribution in [0, 0.1) is 3.57 Å². The first-order chi connectivity index (χ1) is 6.20. The third-order valence-corrected chi connectivity index (χ3v) is 3.41. The molecule has 2 rings (SSSR count). The lowest BCUT2D eigenvalue weighted by molar-refractivity contribution is 0.278. The highest BCUT2D eigenvalue weighted by Crippen LogP contribution is 2.25. The summed E-state index contributed by atoms with van der Waals surface area (Å²) in [6.45, 7) is 0.0306. The van der Waals surface area contributed by atoms with E-state index in [9.17, 15) is 0 Å². The molecule has 0 radical (unpaired) electrons. The molecule has 0 bridgehead atoms. The topological polar surface area (TPSA) is 36.0 Å². The van der Waals surface area contributed by atoms with Crippen LogP contribution in [0.1, 0.15) is 5.69 Å². The molecule has 0 saturated heterocycles. The molecule has 1 aromatic carbocycles. The lowest BCUT2D eigenvalue weighted by Crippen LogP contribution is -1.79. The van der Waals surface area contributed by atoms with Gasteiger partial charge in [0.2, 0.25) is 0 Å².